The molecule has 0 unspecified atom stereocenters. The molecule has 25 heavy (non-hydrogen) atoms. The predicted molar refractivity (Wildman–Crippen MR) is 95.4 cm³/mol. The van der Waals surface area contributed by atoms with Gasteiger partial charge >= 0.3 is 0 Å². The summed E-state index contributed by atoms with van der Waals surface area (Å²) in [6, 6.07) is 15.3. The number of amides is 1. The summed E-state index contributed by atoms with van der Waals surface area (Å²) < 4.78 is 11.3. The highest BCUT2D eigenvalue weighted by Crippen LogP contribution is 2.16. The second kappa shape index (κ2) is 9.33. The van der Waals surface area contributed by atoms with Crippen molar-refractivity contribution in [1.82, 2.24) is 5.32 Å². The highest BCUT2D eigenvalue weighted by Gasteiger charge is 2.01. The van der Waals surface area contributed by atoms with Gasteiger partial charge < -0.3 is 14.8 Å². The Kier molecular flexibility index (Phi) is 6.85. The molecule has 130 valence electrons. The number of rotatable bonds is 8. The molecule has 0 aromatic heterocycles. The van der Waals surface area contributed by atoms with Gasteiger partial charge in [-0.05, 0) is 54.8 Å². The molecular weight excluding hydrogens is 316 g/mol. The van der Waals surface area contributed by atoms with Gasteiger partial charge in [-0.15, -0.1) is 0 Å². The molecule has 0 saturated heterocycles. The lowest BCUT2D eigenvalue weighted by Crippen LogP contribution is -2.21. The summed E-state index contributed by atoms with van der Waals surface area (Å²) in [7, 11) is 0. The van der Waals surface area contributed by atoms with Crippen LogP contribution in [0.4, 0.5) is 0 Å². The largest absolute Gasteiger partial charge is 0.490 e. The Labute approximate surface area is 148 Å². The van der Waals surface area contributed by atoms with Crippen LogP contribution >= 0.6 is 0 Å². The van der Waals surface area contributed by atoms with Crippen LogP contribution in [0.15, 0.2) is 42.5 Å². The topological polar surface area (TPSA) is 71.3 Å². The van der Waals surface area contributed by atoms with E-state index in [1.165, 1.54) is 11.1 Å². The number of benzene rings is 2. The van der Waals surface area contributed by atoms with E-state index in [1.807, 2.05) is 48.5 Å². The molecule has 0 bridgehead atoms. The first-order valence-corrected chi connectivity index (χ1v) is 8.14. The summed E-state index contributed by atoms with van der Waals surface area (Å²) >= 11 is 0. The van der Waals surface area contributed by atoms with Crippen molar-refractivity contribution in [2.75, 3.05) is 13.2 Å². The minimum Gasteiger partial charge on any atom is -0.490 e. The van der Waals surface area contributed by atoms with Crippen molar-refractivity contribution in [3.8, 4) is 17.6 Å². The van der Waals surface area contributed by atoms with E-state index in [2.05, 4.69) is 19.2 Å². The van der Waals surface area contributed by atoms with E-state index in [-0.39, 0.29) is 12.3 Å². The summed E-state index contributed by atoms with van der Waals surface area (Å²) in [5.74, 6) is 1.32. The number of hydrogen-bond acceptors (Lipinski definition) is 4. The van der Waals surface area contributed by atoms with Crippen LogP contribution in [0.3, 0.4) is 0 Å². The minimum atomic E-state index is -0.272. The predicted octanol–water partition coefficient (Wildman–Crippen LogP) is 3.29. The molecule has 0 spiro atoms. The maximum Gasteiger partial charge on any atom is 0.234 e. The van der Waals surface area contributed by atoms with E-state index in [1.54, 1.807) is 0 Å². The molecule has 0 atom stereocenters. The first kappa shape index (κ1) is 18.3. The van der Waals surface area contributed by atoms with Crippen LogP contribution in [0.2, 0.25) is 0 Å². The number of nitriles is 1. The van der Waals surface area contributed by atoms with E-state index >= 15 is 0 Å². The van der Waals surface area contributed by atoms with Crippen molar-refractivity contribution >= 4 is 5.91 Å². The van der Waals surface area contributed by atoms with E-state index < -0.39 is 0 Å². The number of nitrogens with one attached hydrogen (secondary N) is 1. The zero-order valence-electron chi connectivity index (χ0n) is 14.5. The zero-order chi connectivity index (χ0) is 18.1. The molecule has 2 rings (SSSR count). The maximum atomic E-state index is 11.2. The SMILES string of the molecule is Cc1ccc(OCCOc2ccc(CNC(=O)CC#N)cc2)cc1C. The Morgan fingerprint density at radius 1 is 1.00 bits per heavy atom. The lowest BCUT2D eigenvalue weighted by Gasteiger charge is -2.10. The molecule has 5 nitrogen and oxygen atoms in total. The lowest BCUT2D eigenvalue weighted by atomic mass is 10.1. The van der Waals surface area contributed by atoms with Gasteiger partial charge in [-0.25, -0.2) is 0 Å². The average molecular weight is 338 g/mol. The molecule has 2 aromatic rings. The number of carbonyl (C=O) groups excluding carboxylic acids is 1. The fourth-order valence-electron chi connectivity index (χ4n) is 2.16. The Morgan fingerprint density at radius 2 is 1.64 bits per heavy atom. The number of carbonyl (C=O) groups is 1. The van der Waals surface area contributed by atoms with Gasteiger partial charge in [-0.2, -0.15) is 5.26 Å². The lowest BCUT2D eigenvalue weighted by molar-refractivity contribution is -0.120. The summed E-state index contributed by atoms with van der Waals surface area (Å²) in [5.41, 5.74) is 3.40. The molecular formula is C20H22N2O3. The van der Waals surface area contributed by atoms with Gasteiger partial charge in [0.1, 0.15) is 31.1 Å². The zero-order valence-corrected chi connectivity index (χ0v) is 14.5. The minimum absolute atomic E-state index is 0.123. The van der Waals surface area contributed by atoms with E-state index in [4.69, 9.17) is 14.7 Å². The van der Waals surface area contributed by atoms with Crippen molar-refractivity contribution in [3.63, 3.8) is 0 Å². The van der Waals surface area contributed by atoms with Gasteiger partial charge in [0.15, 0.2) is 0 Å². The Morgan fingerprint density at radius 3 is 2.28 bits per heavy atom. The van der Waals surface area contributed by atoms with E-state index in [0.717, 1.165) is 17.1 Å². The van der Waals surface area contributed by atoms with Gasteiger partial charge in [-0.3, -0.25) is 4.79 Å². The number of aryl methyl sites for hydroxylation is 2. The van der Waals surface area contributed by atoms with Crippen LogP contribution in [0.25, 0.3) is 0 Å². The summed E-state index contributed by atoms with van der Waals surface area (Å²) in [5, 5.41) is 11.1. The normalized spacial score (nSPS) is 9.96. The third-order valence-electron chi connectivity index (χ3n) is 3.75. The van der Waals surface area contributed by atoms with Crippen LogP contribution in [0.1, 0.15) is 23.1 Å². The fraction of sp³-hybridized carbons (Fsp3) is 0.300. The van der Waals surface area contributed by atoms with Crippen molar-refractivity contribution in [3.05, 3.63) is 59.2 Å². The van der Waals surface area contributed by atoms with Crippen LogP contribution in [0, 0.1) is 25.2 Å². The summed E-state index contributed by atoms with van der Waals surface area (Å²) in [6.07, 6.45) is -0.123. The Hall–Kier alpha value is -3.00. The fourth-order valence-corrected chi connectivity index (χ4v) is 2.16. The molecule has 0 aliphatic heterocycles. The van der Waals surface area contributed by atoms with Crippen molar-refractivity contribution in [2.24, 2.45) is 0 Å². The molecule has 5 heteroatoms. The number of hydrogen-bond donors (Lipinski definition) is 1. The smallest absolute Gasteiger partial charge is 0.234 e. The highest BCUT2D eigenvalue weighted by atomic mass is 16.5. The number of nitrogens with zero attached hydrogens (tertiary/aromatic N) is 1. The van der Waals surface area contributed by atoms with Gasteiger partial charge in [-0.1, -0.05) is 18.2 Å². The molecule has 0 saturated carbocycles. The Balaban J connectivity index is 1.71. The van der Waals surface area contributed by atoms with Crippen molar-refractivity contribution in [1.29, 1.82) is 5.26 Å². The molecule has 0 heterocycles. The van der Waals surface area contributed by atoms with Crippen LogP contribution < -0.4 is 14.8 Å². The third-order valence-corrected chi connectivity index (χ3v) is 3.75. The maximum absolute atomic E-state index is 11.2. The van der Waals surface area contributed by atoms with Crippen LogP contribution in [-0.4, -0.2) is 19.1 Å². The van der Waals surface area contributed by atoms with E-state index in [0.29, 0.717) is 19.8 Å². The first-order chi connectivity index (χ1) is 12.1. The highest BCUT2D eigenvalue weighted by molar-refractivity contribution is 5.77. The van der Waals surface area contributed by atoms with Gasteiger partial charge in [0.05, 0.1) is 6.07 Å². The average Bonchev–Trinajstić information content (AvgIpc) is 2.61. The van der Waals surface area contributed by atoms with Crippen LogP contribution in [0.5, 0.6) is 11.5 Å². The molecule has 2 aromatic carbocycles. The van der Waals surface area contributed by atoms with Crippen LogP contribution in [-0.2, 0) is 11.3 Å². The molecule has 1 N–H and O–H groups in total. The summed E-state index contributed by atoms with van der Waals surface area (Å²) in [4.78, 5) is 11.2. The molecule has 0 aliphatic rings. The monoisotopic (exact) mass is 338 g/mol. The van der Waals surface area contributed by atoms with Gasteiger partial charge in [0, 0.05) is 6.54 Å². The molecule has 0 radical (unpaired) electrons. The summed E-state index contributed by atoms with van der Waals surface area (Å²) in [6.45, 7) is 5.44. The van der Waals surface area contributed by atoms with Gasteiger partial charge in [0.2, 0.25) is 5.91 Å². The second-order valence-electron chi connectivity index (χ2n) is 5.70. The third kappa shape index (κ3) is 6.19. The van der Waals surface area contributed by atoms with Crippen molar-refractivity contribution in [2.45, 2.75) is 26.8 Å². The van der Waals surface area contributed by atoms with E-state index in [9.17, 15) is 4.79 Å². The number of ether oxygens (including phenoxy) is 2. The first-order valence-electron chi connectivity index (χ1n) is 8.14. The standard InChI is InChI=1S/C20H22N2O3/c1-15-3-6-19(13-16(15)2)25-12-11-24-18-7-4-17(5-8-18)14-22-20(23)9-10-21/h3-8,13H,9,11-12,14H2,1-2H3,(H,22,23). The second-order valence-corrected chi connectivity index (χ2v) is 5.70. The van der Waals surface area contributed by atoms with Crippen molar-refractivity contribution < 1.29 is 14.3 Å². The quantitative estimate of drug-likeness (QED) is 0.750. The molecule has 0 fully saturated rings. The molecule has 1 amide bonds. The Bertz CT molecular complexity index is 749. The van der Waals surface area contributed by atoms with Gasteiger partial charge in [0.25, 0.3) is 0 Å². The molecule has 0 aliphatic carbocycles.